The Kier molecular flexibility index (Phi) is 5.47. The van der Waals surface area contributed by atoms with Crippen LogP contribution in [0.3, 0.4) is 0 Å². The molecule has 1 aromatic heterocycles. The summed E-state index contributed by atoms with van der Waals surface area (Å²) in [6.45, 7) is 5.19. The van der Waals surface area contributed by atoms with Crippen LogP contribution >= 0.6 is 0 Å². The minimum Gasteiger partial charge on any atom is -0.307 e. The molecule has 5 amide bonds. The first-order valence-electron chi connectivity index (χ1n) is 10.4. The number of nitrogens with one attached hydrogen (secondary N) is 1. The first-order valence-corrected chi connectivity index (χ1v) is 10.4. The molecule has 1 N–H and O–H groups in total. The number of anilines is 1. The second kappa shape index (κ2) is 8.15. The van der Waals surface area contributed by atoms with Gasteiger partial charge in [0.25, 0.3) is 41.9 Å². The van der Waals surface area contributed by atoms with Crippen molar-refractivity contribution < 1.29 is 23.8 Å². The largest absolute Gasteiger partial charge is 0.333 e. The van der Waals surface area contributed by atoms with E-state index in [9.17, 15) is 19.2 Å². The smallest absolute Gasteiger partial charge is 0.307 e. The van der Waals surface area contributed by atoms with Crippen LogP contribution in [0.1, 0.15) is 26.0 Å². The maximum Gasteiger partial charge on any atom is 0.333 e. The molecular formula is C20H24N9O4+. The van der Waals surface area contributed by atoms with Crippen molar-refractivity contribution in [2.24, 2.45) is 20.9 Å². The van der Waals surface area contributed by atoms with E-state index in [0.29, 0.717) is 17.8 Å². The van der Waals surface area contributed by atoms with Crippen LogP contribution in [0.4, 0.5) is 10.6 Å². The van der Waals surface area contributed by atoms with Crippen molar-refractivity contribution in [3.05, 3.63) is 11.8 Å². The molecule has 2 unspecified atom stereocenters. The number of imide groups is 1. The molecule has 13 nitrogen and oxygen atoms in total. The third-order valence-corrected chi connectivity index (χ3v) is 5.71. The van der Waals surface area contributed by atoms with E-state index in [0.717, 1.165) is 4.90 Å². The number of amidine groups is 1. The summed E-state index contributed by atoms with van der Waals surface area (Å²) >= 11 is 0. The number of fused-ring (bicyclic) bond motifs is 1. The predicted octanol–water partition coefficient (Wildman–Crippen LogP) is -0.293. The molecule has 2 atom stereocenters. The molecule has 13 heteroatoms. The first kappa shape index (κ1) is 22.2. The van der Waals surface area contributed by atoms with E-state index in [1.54, 1.807) is 19.9 Å². The maximum atomic E-state index is 12.8. The van der Waals surface area contributed by atoms with Crippen molar-refractivity contribution in [2.75, 3.05) is 26.0 Å². The van der Waals surface area contributed by atoms with Gasteiger partial charge in [-0.3, -0.25) is 24.2 Å². The van der Waals surface area contributed by atoms with E-state index in [1.165, 1.54) is 34.6 Å². The molecule has 4 heterocycles. The lowest BCUT2D eigenvalue weighted by Gasteiger charge is -2.30. The van der Waals surface area contributed by atoms with Gasteiger partial charge in [-0.1, -0.05) is 6.92 Å². The number of likely N-dealkylation sites (N-methyl/N-ethyl adjacent to an activating group) is 2. The molecule has 4 rings (SSSR count). The van der Waals surface area contributed by atoms with Crippen LogP contribution in [-0.4, -0.2) is 98.4 Å². The molecular weight excluding hydrogens is 430 g/mol. The zero-order chi connectivity index (χ0) is 24.0. The Morgan fingerprint density at radius 2 is 1.88 bits per heavy atom. The Hall–Kier alpha value is -4.03. The first-order chi connectivity index (χ1) is 15.6. The van der Waals surface area contributed by atoms with Gasteiger partial charge in [0.05, 0.1) is 11.6 Å². The minimum absolute atomic E-state index is 0.0770. The molecule has 0 spiro atoms. The molecule has 0 saturated carbocycles. The fraction of sp³-hybridized carbons (Fsp3) is 0.450. The number of carbonyl (C=O) groups excluding carboxylic acids is 4. The van der Waals surface area contributed by atoms with E-state index >= 15 is 0 Å². The van der Waals surface area contributed by atoms with Crippen molar-refractivity contribution in [1.29, 1.82) is 0 Å². The van der Waals surface area contributed by atoms with Crippen LogP contribution in [-0.2, 0) is 14.4 Å². The summed E-state index contributed by atoms with van der Waals surface area (Å²) in [6, 6.07) is 0.273. The van der Waals surface area contributed by atoms with Gasteiger partial charge in [0.2, 0.25) is 0 Å². The molecule has 3 aliphatic rings. The summed E-state index contributed by atoms with van der Waals surface area (Å²) in [5, 5.41) is 7.04. The maximum absolute atomic E-state index is 12.8. The zero-order valence-corrected chi connectivity index (χ0v) is 18.9. The lowest BCUT2D eigenvalue weighted by Crippen LogP contribution is -2.61. The summed E-state index contributed by atoms with van der Waals surface area (Å²) in [6.07, 6.45) is 1.96. The Balaban J connectivity index is 1.52. The van der Waals surface area contributed by atoms with Crippen molar-refractivity contribution in [1.82, 2.24) is 19.6 Å². The number of aliphatic imine (C=N–C) groups is 3. The van der Waals surface area contributed by atoms with Crippen molar-refractivity contribution >= 4 is 53.4 Å². The Morgan fingerprint density at radius 1 is 1.15 bits per heavy atom. The highest BCUT2D eigenvalue weighted by atomic mass is 16.2. The zero-order valence-electron chi connectivity index (χ0n) is 18.9. The van der Waals surface area contributed by atoms with Crippen LogP contribution < -0.4 is 5.32 Å². The van der Waals surface area contributed by atoms with Gasteiger partial charge in [0, 0.05) is 25.9 Å². The number of carbonyl (C=O) groups is 4. The fourth-order valence-electron chi connectivity index (χ4n) is 3.94. The van der Waals surface area contributed by atoms with Gasteiger partial charge in [-0.25, -0.2) is 14.4 Å². The lowest BCUT2D eigenvalue weighted by atomic mass is 10.00. The average Bonchev–Trinajstić information content (AvgIpc) is 3.33. The van der Waals surface area contributed by atoms with E-state index in [4.69, 9.17) is 0 Å². The highest BCUT2D eigenvalue weighted by Gasteiger charge is 2.50. The van der Waals surface area contributed by atoms with Gasteiger partial charge < -0.3 is 5.32 Å². The Bertz CT molecular complexity index is 1210. The van der Waals surface area contributed by atoms with Gasteiger partial charge >= 0.3 is 6.03 Å². The molecule has 33 heavy (non-hydrogen) atoms. The third kappa shape index (κ3) is 3.75. The molecule has 172 valence electrons. The number of urea groups is 1. The Morgan fingerprint density at radius 3 is 2.55 bits per heavy atom. The number of nitrogens with zero attached hydrogens (tertiary/aromatic N) is 8. The average molecular weight is 454 g/mol. The van der Waals surface area contributed by atoms with Gasteiger partial charge in [-0.05, 0) is 25.3 Å². The van der Waals surface area contributed by atoms with Crippen molar-refractivity contribution in [2.45, 2.75) is 33.2 Å². The predicted molar refractivity (Wildman–Crippen MR) is 119 cm³/mol. The quantitative estimate of drug-likeness (QED) is 0.622. The molecule has 1 fully saturated rings. The fourth-order valence-corrected chi connectivity index (χ4v) is 3.94. The van der Waals surface area contributed by atoms with E-state index in [2.05, 4.69) is 25.4 Å². The number of hydrogen-bond acceptors (Lipinski definition) is 7. The topological polar surface area (TPSA) is 145 Å². The number of aryl methyl sites for hydroxylation is 1. The van der Waals surface area contributed by atoms with Crippen LogP contribution in [0.5, 0.6) is 0 Å². The standard InChI is InChI=1S/C20H23N9O4/c1-6-12-11(3)22-19(24-17(12)31)29-13(7-10(2)25-29)23-14(30)8-28-9-21-16-15(28)18(32)27(5)20(33)26(16)4/h7,9,12,15H,6,8H2,1-5H3/p+1. The normalized spacial score (nSPS) is 22.6. The summed E-state index contributed by atoms with van der Waals surface area (Å²) in [5.41, 5.74) is 1.22. The molecule has 0 aliphatic carbocycles. The highest BCUT2D eigenvalue weighted by molar-refractivity contribution is 6.21. The third-order valence-electron chi connectivity index (χ3n) is 5.71. The van der Waals surface area contributed by atoms with Crippen LogP contribution in [0.25, 0.3) is 0 Å². The van der Waals surface area contributed by atoms with Crippen LogP contribution in [0.2, 0.25) is 0 Å². The number of rotatable bonds is 4. The number of amides is 5. The molecule has 1 aromatic rings. The summed E-state index contributed by atoms with van der Waals surface area (Å²) < 4.78 is 2.76. The molecule has 0 aromatic carbocycles. The van der Waals surface area contributed by atoms with Crippen molar-refractivity contribution in [3.63, 3.8) is 0 Å². The second-order valence-electron chi connectivity index (χ2n) is 8.01. The van der Waals surface area contributed by atoms with Gasteiger partial charge in [-0.2, -0.15) is 14.8 Å². The highest BCUT2D eigenvalue weighted by Crippen LogP contribution is 2.19. The van der Waals surface area contributed by atoms with E-state index in [1.807, 2.05) is 6.92 Å². The van der Waals surface area contributed by atoms with E-state index < -0.39 is 23.9 Å². The molecule has 3 aliphatic heterocycles. The Labute approximate surface area is 189 Å². The second-order valence-corrected chi connectivity index (χ2v) is 8.01. The molecule has 0 bridgehead atoms. The van der Waals surface area contributed by atoms with Gasteiger partial charge in [0.1, 0.15) is 5.82 Å². The van der Waals surface area contributed by atoms with Crippen LogP contribution in [0, 0.1) is 12.8 Å². The molecule has 1 saturated heterocycles. The van der Waals surface area contributed by atoms with Gasteiger partial charge in [-0.15, -0.1) is 0 Å². The summed E-state index contributed by atoms with van der Waals surface area (Å²) in [7, 11) is 2.90. The molecule has 0 radical (unpaired) electrons. The number of hydrogen-bond donors (Lipinski definition) is 1. The van der Waals surface area contributed by atoms with Gasteiger partial charge in [0.15, 0.2) is 6.54 Å². The lowest BCUT2D eigenvalue weighted by molar-refractivity contribution is -0.519. The summed E-state index contributed by atoms with van der Waals surface area (Å²) in [4.78, 5) is 64.8. The monoisotopic (exact) mass is 454 g/mol. The van der Waals surface area contributed by atoms with Crippen LogP contribution in [0.15, 0.2) is 21.0 Å². The van der Waals surface area contributed by atoms with Crippen molar-refractivity contribution in [3.8, 4) is 0 Å². The summed E-state index contributed by atoms with van der Waals surface area (Å²) in [5.74, 6) is -0.955. The van der Waals surface area contributed by atoms with E-state index in [-0.39, 0.29) is 36.0 Å². The SMILES string of the molecule is CCC1C(=O)N=C(n2nc(C)cc2NC(=O)C[N+]2=CN=C3C2C(=O)N(C)C(=O)N3C)N=C1C. The minimum atomic E-state index is -0.867. The number of aromatic nitrogens is 2.